The van der Waals surface area contributed by atoms with Gasteiger partial charge in [0.1, 0.15) is 23.4 Å². The Bertz CT molecular complexity index is 2420. The van der Waals surface area contributed by atoms with Crippen LogP contribution in [0.1, 0.15) is 86.5 Å². The van der Waals surface area contributed by atoms with Crippen molar-refractivity contribution in [1.29, 1.82) is 0 Å². The molecule has 0 spiro atoms. The van der Waals surface area contributed by atoms with Gasteiger partial charge in [-0.05, 0) is 120 Å². The molecule has 1 atom stereocenters. The third kappa shape index (κ3) is 10.0. The molecule has 62 heavy (non-hydrogen) atoms. The Morgan fingerprint density at radius 3 is 2.61 bits per heavy atom. The van der Waals surface area contributed by atoms with Gasteiger partial charge in [-0.1, -0.05) is 33.3 Å². The van der Waals surface area contributed by atoms with Crippen LogP contribution in [-0.2, 0) is 14.8 Å². The number of nitrogens with one attached hydrogen (secondary N) is 4. The van der Waals surface area contributed by atoms with Gasteiger partial charge in [0.05, 0.1) is 15.4 Å². The Hall–Kier alpha value is -5.16. The zero-order valence-electron chi connectivity index (χ0n) is 35.9. The van der Waals surface area contributed by atoms with Gasteiger partial charge in [-0.15, -0.1) is 11.3 Å². The van der Waals surface area contributed by atoms with Crippen LogP contribution in [0.5, 0.6) is 5.75 Å². The molecule has 330 valence electrons. The number of anilines is 2. The molecule has 3 aromatic rings. The summed E-state index contributed by atoms with van der Waals surface area (Å²) in [7, 11) is -4.54. The summed E-state index contributed by atoms with van der Waals surface area (Å²) in [5, 5.41) is 23.9. The molecule has 14 nitrogen and oxygen atoms in total. The van der Waals surface area contributed by atoms with E-state index < -0.39 is 31.4 Å². The van der Waals surface area contributed by atoms with E-state index >= 15 is 0 Å². The standard InChI is InChI=1S/C46H57N7O7S2/c1-30(2)34-22-43(61-29-34)39-25-46(3,4)13-9-33(39)28-51-15-17-52(18-16-51)35-5-7-38(42(23-35)60-36-21-32-10-14-47-44(32)49-27-36)45(54)50-62(57,58)37-6-8-40(41(24-37)53(55)56)48-26-31-11-19-59-20-12-31/h5-8,10,14,21-24,27,29-31,44,47-49H,9,11-13,15-20,25-26,28H2,1-4H3,(H,50,54). The minimum absolute atomic E-state index is 0.00406. The highest BCUT2D eigenvalue weighted by Gasteiger charge is 2.31. The minimum atomic E-state index is -4.54. The number of piperazine rings is 1. The lowest BCUT2D eigenvalue weighted by Gasteiger charge is -2.39. The van der Waals surface area contributed by atoms with E-state index in [-0.39, 0.29) is 34.5 Å². The van der Waals surface area contributed by atoms with Crippen molar-refractivity contribution < 1.29 is 27.6 Å². The topological polar surface area (TPSA) is 167 Å². The minimum Gasteiger partial charge on any atom is -0.455 e. The largest absolute Gasteiger partial charge is 0.455 e. The van der Waals surface area contributed by atoms with Crippen LogP contribution in [0, 0.1) is 21.4 Å². The van der Waals surface area contributed by atoms with Crippen molar-refractivity contribution in [1.82, 2.24) is 20.3 Å². The van der Waals surface area contributed by atoms with E-state index in [0.717, 1.165) is 75.7 Å². The van der Waals surface area contributed by atoms with Crippen LogP contribution in [0.2, 0.25) is 0 Å². The second kappa shape index (κ2) is 18.3. The van der Waals surface area contributed by atoms with Gasteiger partial charge in [-0.25, -0.2) is 13.1 Å². The molecule has 2 saturated heterocycles. The van der Waals surface area contributed by atoms with Crippen LogP contribution in [0.4, 0.5) is 17.1 Å². The molecule has 1 aromatic heterocycles. The number of rotatable bonds is 14. The molecule has 0 bridgehead atoms. The summed E-state index contributed by atoms with van der Waals surface area (Å²) in [5.41, 5.74) is 6.31. The van der Waals surface area contributed by atoms with Gasteiger partial charge in [0, 0.05) is 81.4 Å². The molecule has 16 heteroatoms. The van der Waals surface area contributed by atoms with E-state index in [1.54, 1.807) is 23.9 Å². The number of carbonyl (C=O) groups is 1. The third-order valence-corrected chi connectivity index (χ3v) is 14.9. The van der Waals surface area contributed by atoms with Gasteiger partial charge in [-0.2, -0.15) is 0 Å². The molecule has 1 aliphatic carbocycles. The fraction of sp³-hybridized carbons (Fsp3) is 0.457. The van der Waals surface area contributed by atoms with Gasteiger partial charge in [-0.3, -0.25) is 19.8 Å². The van der Waals surface area contributed by atoms with E-state index in [1.165, 1.54) is 34.6 Å². The number of hydrogen-bond acceptors (Lipinski definition) is 13. The highest BCUT2D eigenvalue weighted by atomic mass is 32.2. The summed E-state index contributed by atoms with van der Waals surface area (Å²) >= 11 is 1.87. The lowest BCUT2D eigenvalue weighted by atomic mass is 9.73. The van der Waals surface area contributed by atoms with Crippen LogP contribution in [0.25, 0.3) is 5.57 Å². The van der Waals surface area contributed by atoms with Gasteiger partial charge in [0.2, 0.25) is 0 Å². The van der Waals surface area contributed by atoms with Gasteiger partial charge in [0.25, 0.3) is 21.6 Å². The molecule has 1 amide bonds. The van der Waals surface area contributed by atoms with Crippen LogP contribution < -0.4 is 30.3 Å². The van der Waals surface area contributed by atoms with Gasteiger partial charge < -0.3 is 30.3 Å². The maximum Gasteiger partial charge on any atom is 0.293 e. The number of nitrogens with zero attached hydrogens (tertiary/aromatic N) is 3. The summed E-state index contributed by atoms with van der Waals surface area (Å²) in [5.74, 6) is 0.468. The molecule has 5 heterocycles. The molecule has 2 aromatic carbocycles. The second-order valence-corrected chi connectivity index (χ2v) is 20.6. The molecule has 5 aliphatic rings. The van der Waals surface area contributed by atoms with Crippen molar-refractivity contribution in [2.24, 2.45) is 11.3 Å². The number of hydrogen-bond donors (Lipinski definition) is 4. The number of allylic oxidation sites excluding steroid dienone is 2. The molecule has 2 fully saturated rings. The van der Waals surface area contributed by atoms with E-state index in [1.807, 2.05) is 35.8 Å². The first-order chi connectivity index (χ1) is 29.7. The predicted octanol–water partition coefficient (Wildman–Crippen LogP) is 7.72. The Morgan fingerprint density at radius 2 is 1.87 bits per heavy atom. The Morgan fingerprint density at radius 1 is 1.08 bits per heavy atom. The summed E-state index contributed by atoms with van der Waals surface area (Å²) in [6, 6.07) is 11.2. The molecule has 0 saturated carbocycles. The Balaban J connectivity index is 0.992. The lowest BCUT2D eigenvalue weighted by molar-refractivity contribution is -0.384. The number of benzene rings is 2. The van der Waals surface area contributed by atoms with Gasteiger partial charge >= 0.3 is 0 Å². The predicted molar refractivity (Wildman–Crippen MR) is 244 cm³/mol. The average molecular weight is 884 g/mol. The summed E-state index contributed by atoms with van der Waals surface area (Å²) in [6.45, 7) is 15.2. The van der Waals surface area contributed by atoms with E-state index in [2.05, 4.69) is 69.6 Å². The van der Waals surface area contributed by atoms with Crippen LogP contribution in [0.3, 0.4) is 0 Å². The average Bonchev–Trinajstić information content (AvgIpc) is 3.95. The molecule has 4 aliphatic heterocycles. The normalized spacial score (nSPS) is 20.5. The van der Waals surface area contributed by atoms with Crippen molar-refractivity contribution >= 4 is 49.9 Å². The Labute approximate surface area is 368 Å². The number of carbonyl (C=O) groups excluding carboxylic acids is 1. The third-order valence-electron chi connectivity index (χ3n) is 12.6. The van der Waals surface area contributed by atoms with Crippen molar-refractivity contribution in [3.63, 3.8) is 0 Å². The number of amides is 1. The SMILES string of the molecule is CC(C)c1csc(C2=C(CN3CCN(c4ccc(C(=O)NS(=O)(=O)c5ccc(NCC6CCOCC6)c([N+](=O)[O-])c5)c(OC5=CNC6NC=CC6=C5)c4)CC3)CCC(C)(C)C2)c1. The van der Waals surface area contributed by atoms with E-state index in [9.17, 15) is 23.3 Å². The first kappa shape index (κ1) is 43.5. The molecule has 0 radical (unpaired) electrons. The van der Waals surface area contributed by atoms with Crippen molar-refractivity contribution in [3.8, 4) is 5.75 Å². The number of fused-ring (bicyclic) bond motifs is 1. The number of ether oxygens (including phenoxy) is 2. The van der Waals surface area contributed by atoms with E-state index in [0.29, 0.717) is 31.4 Å². The molecule has 1 unspecified atom stereocenters. The smallest absolute Gasteiger partial charge is 0.293 e. The number of nitro groups is 1. The summed E-state index contributed by atoms with van der Waals surface area (Å²) < 4.78 is 41.3. The number of dihydropyridines is 1. The van der Waals surface area contributed by atoms with Crippen molar-refractivity contribution in [3.05, 3.63) is 115 Å². The lowest BCUT2D eigenvalue weighted by Crippen LogP contribution is -2.47. The van der Waals surface area contributed by atoms with Crippen LogP contribution >= 0.6 is 11.3 Å². The molecule has 4 N–H and O–H groups in total. The Kier molecular flexibility index (Phi) is 12.8. The fourth-order valence-corrected chi connectivity index (χ4v) is 10.8. The highest BCUT2D eigenvalue weighted by Crippen LogP contribution is 2.45. The molecular formula is C46H57N7O7S2. The number of sulfonamides is 1. The van der Waals surface area contributed by atoms with E-state index in [4.69, 9.17) is 9.47 Å². The quantitative estimate of drug-likeness (QED) is 0.0922. The maximum atomic E-state index is 13.9. The zero-order chi connectivity index (χ0) is 43.6. The van der Waals surface area contributed by atoms with Crippen LogP contribution in [-0.4, -0.2) is 82.8 Å². The molecular weight excluding hydrogens is 827 g/mol. The van der Waals surface area contributed by atoms with Gasteiger partial charge in [0.15, 0.2) is 0 Å². The first-order valence-corrected chi connectivity index (χ1v) is 23.9. The highest BCUT2D eigenvalue weighted by molar-refractivity contribution is 7.90. The number of nitro benzene ring substituents is 1. The summed E-state index contributed by atoms with van der Waals surface area (Å²) in [4.78, 5) is 31.2. The molecule has 8 rings (SSSR count). The van der Waals surface area contributed by atoms with Crippen molar-refractivity contribution in [2.45, 2.75) is 76.8 Å². The first-order valence-electron chi connectivity index (χ1n) is 21.6. The second-order valence-electron chi connectivity index (χ2n) is 18.0. The van der Waals surface area contributed by atoms with Crippen molar-refractivity contribution in [2.75, 3.05) is 62.7 Å². The zero-order valence-corrected chi connectivity index (χ0v) is 37.5. The monoisotopic (exact) mass is 883 g/mol. The fourth-order valence-electron chi connectivity index (χ4n) is 8.68. The van der Waals surface area contributed by atoms with Crippen LogP contribution in [0.15, 0.2) is 94.2 Å². The summed E-state index contributed by atoms with van der Waals surface area (Å²) in [6.07, 6.45) is 12.2. The maximum absolute atomic E-state index is 13.9. The number of thiophene rings is 1.